The van der Waals surface area contributed by atoms with E-state index in [9.17, 15) is 4.79 Å². The average Bonchev–Trinajstić information content (AvgIpc) is 2.46. The molecule has 4 nitrogen and oxygen atoms in total. The molecule has 0 heterocycles. The highest BCUT2D eigenvalue weighted by Gasteiger charge is 2.08. The first-order valence-corrected chi connectivity index (χ1v) is 8.51. The predicted octanol–water partition coefficient (Wildman–Crippen LogP) is 4.75. The number of nitrogens with zero attached hydrogens (tertiary/aromatic N) is 1. The molecular formula is C15H11Br3N2O2. The van der Waals surface area contributed by atoms with E-state index in [2.05, 4.69) is 58.3 Å². The Bertz CT molecular complexity index is 733. The van der Waals surface area contributed by atoms with E-state index in [1.807, 2.05) is 18.2 Å². The summed E-state index contributed by atoms with van der Waals surface area (Å²) in [5, 5.41) is 3.98. The Morgan fingerprint density at radius 2 is 1.95 bits per heavy atom. The minimum atomic E-state index is -0.287. The molecular weight excluding hydrogens is 480 g/mol. The SMILES string of the molecule is COc1c(Br)cc(Br)cc1/C=N\NC(=O)c1cccc(Br)c1. The summed E-state index contributed by atoms with van der Waals surface area (Å²) in [6.07, 6.45) is 1.53. The van der Waals surface area contributed by atoms with Crippen molar-refractivity contribution in [1.82, 2.24) is 5.43 Å². The smallest absolute Gasteiger partial charge is 0.271 e. The van der Waals surface area contributed by atoms with E-state index < -0.39 is 0 Å². The van der Waals surface area contributed by atoms with Crippen LogP contribution in [0.4, 0.5) is 0 Å². The van der Waals surface area contributed by atoms with Gasteiger partial charge >= 0.3 is 0 Å². The summed E-state index contributed by atoms with van der Waals surface area (Å²) < 4.78 is 7.82. The summed E-state index contributed by atoms with van der Waals surface area (Å²) in [5.74, 6) is 0.356. The summed E-state index contributed by atoms with van der Waals surface area (Å²) in [6.45, 7) is 0. The largest absolute Gasteiger partial charge is 0.495 e. The molecule has 0 aliphatic rings. The van der Waals surface area contributed by atoms with E-state index in [0.29, 0.717) is 11.3 Å². The zero-order valence-corrected chi connectivity index (χ0v) is 16.2. The van der Waals surface area contributed by atoms with Gasteiger partial charge in [0.1, 0.15) is 5.75 Å². The molecule has 114 valence electrons. The van der Waals surface area contributed by atoms with Gasteiger partial charge in [0, 0.05) is 20.1 Å². The van der Waals surface area contributed by atoms with Crippen molar-refractivity contribution >= 4 is 59.9 Å². The number of ether oxygens (including phenoxy) is 1. The molecule has 0 aliphatic heterocycles. The number of benzene rings is 2. The maximum atomic E-state index is 12.0. The van der Waals surface area contributed by atoms with Gasteiger partial charge in [-0.1, -0.05) is 37.9 Å². The Morgan fingerprint density at radius 3 is 2.64 bits per heavy atom. The number of carbonyl (C=O) groups excluding carboxylic acids is 1. The lowest BCUT2D eigenvalue weighted by molar-refractivity contribution is 0.0955. The maximum Gasteiger partial charge on any atom is 0.271 e. The second-order valence-electron chi connectivity index (χ2n) is 4.22. The molecule has 0 atom stereocenters. The molecule has 7 heteroatoms. The highest BCUT2D eigenvalue weighted by atomic mass is 79.9. The second kappa shape index (κ2) is 7.89. The Balaban J connectivity index is 2.14. The van der Waals surface area contributed by atoms with Gasteiger partial charge in [-0.05, 0) is 46.3 Å². The number of hydrogen-bond donors (Lipinski definition) is 1. The third kappa shape index (κ3) is 4.41. The topological polar surface area (TPSA) is 50.7 Å². The summed E-state index contributed by atoms with van der Waals surface area (Å²) >= 11 is 10.1. The molecule has 0 spiro atoms. The number of rotatable bonds is 4. The van der Waals surface area contributed by atoms with Gasteiger partial charge in [-0.2, -0.15) is 5.10 Å². The average molecular weight is 491 g/mol. The molecule has 0 unspecified atom stereocenters. The van der Waals surface area contributed by atoms with Gasteiger partial charge in [0.15, 0.2) is 0 Å². The summed E-state index contributed by atoms with van der Waals surface area (Å²) in [7, 11) is 1.57. The van der Waals surface area contributed by atoms with E-state index in [-0.39, 0.29) is 5.91 Å². The predicted molar refractivity (Wildman–Crippen MR) is 97.6 cm³/mol. The van der Waals surface area contributed by atoms with Crippen LogP contribution in [0.3, 0.4) is 0 Å². The molecule has 0 saturated carbocycles. The van der Waals surface area contributed by atoms with E-state index >= 15 is 0 Å². The number of nitrogens with one attached hydrogen (secondary N) is 1. The van der Waals surface area contributed by atoms with Crippen LogP contribution in [0.2, 0.25) is 0 Å². The molecule has 22 heavy (non-hydrogen) atoms. The molecule has 2 rings (SSSR count). The molecule has 0 bridgehead atoms. The molecule has 2 aromatic carbocycles. The first kappa shape index (κ1) is 17.2. The Morgan fingerprint density at radius 1 is 1.18 bits per heavy atom. The Hall–Kier alpha value is -1.18. The van der Waals surface area contributed by atoms with Crippen molar-refractivity contribution in [2.24, 2.45) is 5.10 Å². The molecule has 0 radical (unpaired) electrons. The number of hydrogen-bond acceptors (Lipinski definition) is 3. The Kier molecular flexibility index (Phi) is 6.16. The maximum absolute atomic E-state index is 12.0. The van der Waals surface area contributed by atoms with Gasteiger partial charge in [0.25, 0.3) is 5.91 Å². The summed E-state index contributed by atoms with van der Waals surface area (Å²) in [6, 6.07) is 10.8. The number of amides is 1. The van der Waals surface area contributed by atoms with E-state index in [0.717, 1.165) is 19.0 Å². The van der Waals surface area contributed by atoms with Crippen LogP contribution in [-0.4, -0.2) is 19.2 Å². The minimum Gasteiger partial charge on any atom is -0.495 e. The van der Waals surface area contributed by atoms with E-state index in [1.165, 1.54) is 6.21 Å². The van der Waals surface area contributed by atoms with E-state index in [4.69, 9.17) is 4.74 Å². The lowest BCUT2D eigenvalue weighted by atomic mass is 10.2. The lowest BCUT2D eigenvalue weighted by Gasteiger charge is -2.07. The first-order chi connectivity index (χ1) is 10.5. The number of hydrazone groups is 1. The van der Waals surface area contributed by atoms with Gasteiger partial charge in [-0.3, -0.25) is 4.79 Å². The molecule has 1 N–H and O–H groups in total. The zero-order valence-electron chi connectivity index (χ0n) is 11.4. The van der Waals surface area contributed by atoms with Crippen molar-refractivity contribution in [2.45, 2.75) is 0 Å². The summed E-state index contributed by atoms with van der Waals surface area (Å²) in [5.41, 5.74) is 3.75. The highest BCUT2D eigenvalue weighted by Crippen LogP contribution is 2.31. The fourth-order valence-corrected chi connectivity index (χ4v) is 3.57. The van der Waals surface area contributed by atoms with Gasteiger partial charge in [0.05, 0.1) is 17.8 Å². The van der Waals surface area contributed by atoms with Crippen molar-refractivity contribution in [3.05, 3.63) is 60.9 Å². The minimum absolute atomic E-state index is 0.287. The lowest BCUT2D eigenvalue weighted by Crippen LogP contribution is -2.17. The van der Waals surface area contributed by atoms with Gasteiger partial charge in [-0.15, -0.1) is 0 Å². The van der Waals surface area contributed by atoms with Crippen LogP contribution in [0.5, 0.6) is 5.75 Å². The number of methoxy groups -OCH3 is 1. The molecule has 2 aromatic rings. The third-order valence-corrected chi connectivity index (χ3v) is 4.24. The zero-order chi connectivity index (χ0) is 16.1. The molecule has 1 amide bonds. The Labute approximate surface area is 153 Å². The quantitative estimate of drug-likeness (QED) is 0.497. The number of carbonyl (C=O) groups is 1. The molecule has 0 fully saturated rings. The van der Waals surface area contributed by atoms with Crippen molar-refractivity contribution in [3.8, 4) is 5.75 Å². The van der Waals surface area contributed by atoms with Crippen LogP contribution in [0.1, 0.15) is 15.9 Å². The van der Waals surface area contributed by atoms with Crippen molar-refractivity contribution in [3.63, 3.8) is 0 Å². The van der Waals surface area contributed by atoms with E-state index in [1.54, 1.807) is 25.3 Å². The van der Waals surface area contributed by atoms with Crippen LogP contribution in [0, 0.1) is 0 Å². The van der Waals surface area contributed by atoms with Crippen LogP contribution in [0.15, 0.2) is 54.9 Å². The van der Waals surface area contributed by atoms with Crippen LogP contribution < -0.4 is 10.2 Å². The van der Waals surface area contributed by atoms with Gasteiger partial charge < -0.3 is 4.74 Å². The summed E-state index contributed by atoms with van der Waals surface area (Å²) in [4.78, 5) is 12.0. The second-order valence-corrected chi connectivity index (χ2v) is 6.91. The molecule has 0 aromatic heterocycles. The van der Waals surface area contributed by atoms with Gasteiger partial charge in [-0.25, -0.2) is 5.43 Å². The molecule has 0 saturated heterocycles. The fourth-order valence-electron chi connectivity index (χ4n) is 1.75. The number of halogens is 3. The van der Waals surface area contributed by atoms with Crippen molar-refractivity contribution in [1.29, 1.82) is 0 Å². The van der Waals surface area contributed by atoms with Crippen LogP contribution in [0.25, 0.3) is 0 Å². The standard InChI is InChI=1S/C15H11Br3N2O2/c1-22-14-10(6-12(17)7-13(14)18)8-19-20-15(21)9-3-2-4-11(16)5-9/h2-8H,1H3,(H,20,21)/b19-8-. The highest BCUT2D eigenvalue weighted by molar-refractivity contribution is 9.11. The monoisotopic (exact) mass is 488 g/mol. The van der Waals surface area contributed by atoms with Crippen molar-refractivity contribution < 1.29 is 9.53 Å². The van der Waals surface area contributed by atoms with Crippen LogP contribution in [-0.2, 0) is 0 Å². The first-order valence-electron chi connectivity index (χ1n) is 6.13. The molecule has 0 aliphatic carbocycles. The van der Waals surface area contributed by atoms with Crippen molar-refractivity contribution in [2.75, 3.05) is 7.11 Å². The fraction of sp³-hybridized carbons (Fsp3) is 0.0667. The van der Waals surface area contributed by atoms with Gasteiger partial charge in [0.2, 0.25) is 0 Å². The third-order valence-electron chi connectivity index (χ3n) is 2.70. The van der Waals surface area contributed by atoms with Crippen LogP contribution >= 0.6 is 47.8 Å². The normalized spacial score (nSPS) is 10.7.